The highest BCUT2D eigenvalue weighted by Gasteiger charge is 2.10. The van der Waals surface area contributed by atoms with Crippen LogP contribution in [0.3, 0.4) is 0 Å². The highest BCUT2D eigenvalue weighted by atomic mass is 35.5. The lowest BCUT2D eigenvalue weighted by atomic mass is 10.1. The summed E-state index contributed by atoms with van der Waals surface area (Å²) >= 11 is 5.39. The smallest absolute Gasteiger partial charge is 0.194 e. The van der Waals surface area contributed by atoms with E-state index >= 15 is 0 Å². The van der Waals surface area contributed by atoms with Crippen molar-refractivity contribution < 1.29 is 4.79 Å². The van der Waals surface area contributed by atoms with Gasteiger partial charge in [0, 0.05) is 5.56 Å². The van der Waals surface area contributed by atoms with E-state index in [9.17, 15) is 4.79 Å². The summed E-state index contributed by atoms with van der Waals surface area (Å²) in [5.74, 6) is -0.243. The van der Waals surface area contributed by atoms with Crippen molar-refractivity contribution in [3.05, 3.63) is 35.9 Å². The van der Waals surface area contributed by atoms with Crippen molar-refractivity contribution in [1.29, 1.82) is 0 Å². The van der Waals surface area contributed by atoms with Gasteiger partial charge in [0.2, 0.25) is 0 Å². The van der Waals surface area contributed by atoms with Gasteiger partial charge in [0.1, 0.15) is 5.50 Å². The largest absolute Gasteiger partial charge is 0.309 e. The van der Waals surface area contributed by atoms with Crippen molar-refractivity contribution in [1.82, 2.24) is 0 Å². The van der Waals surface area contributed by atoms with Gasteiger partial charge in [0.15, 0.2) is 5.78 Å². The van der Waals surface area contributed by atoms with Crippen LogP contribution in [-0.2, 0) is 0 Å². The predicted octanol–water partition coefficient (Wildman–Crippen LogP) is 1.39. The number of halogens is 1. The Balaban J connectivity index is 2.86. The van der Waals surface area contributed by atoms with Crippen LogP contribution in [0.25, 0.3) is 0 Å². The van der Waals surface area contributed by atoms with Crippen LogP contribution < -0.4 is 5.73 Å². The molecule has 0 aliphatic heterocycles. The molecule has 11 heavy (non-hydrogen) atoms. The van der Waals surface area contributed by atoms with Gasteiger partial charge in [0.05, 0.1) is 0 Å². The van der Waals surface area contributed by atoms with Crippen LogP contribution in [0.2, 0.25) is 0 Å². The Kier molecular flexibility index (Phi) is 2.63. The van der Waals surface area contributed by atoms with Crippen LogP contribution in [0.4, 0.5) is 0 Å². The van der Waals surface area contributed by atoms with Crippen molar-refractivity contribution >= 4 is 17.4 Å². The second-order valence-electron chi connectivity index (χ2n) is 2.13. The summed E-state index contributed by atoms with van der Waals surface area (Å²) in [4.78, 5) is 11.1. The number of nitrogens with two attached hydrogens (primary N) is 1. The topological polar surface area (TPSA) is 43.1 Å². The summed E-state index contributed by atoms with van der Waals surface area (Å²) in [6.45, 7) is 0. The third kappa shape index (κ3) is 2.03. The summed E-state index contributed by atoms with van der Waals surface area (Å²) in [6, 6.07) is 8.74. The molecular weight excluding hydrogens is 162 g/mol. The van der Waals surface area contributed by atoms with E-state index in [0.717, 1.165) is 0 Å². The van der Waals surface area contributed by atoms with Crippen LogP contribution in [0.1, 0.15) is 10.4 Å². The molecular formula is C8H8ClNO. The molecule has 0 spiro atoms. The van der Waals surface area contributed by atoms with Crippen molar-refractivity contribution in [3.63, 3.8) is 0 Å². The van der Waals surface area contributed by atoms with Gasteiger partial charge in [-0.1, -0.05) is 41.9 Å². The first kappa shape index (κ1) is 8.24. The zero-order valence-electron chi connectivity index (χ0n) is 5.83. The van der Waals surface area contributed by atoms with E-state index in [1.165, 1.54) is 0 Å². The Morgan fingerprint density at radius 2 is 1.91 bits per heavy atom. The fourth-order valence-corrected chi connectivity index (χ4v) is 0.888. The first-order valence-electron chi connectivity index (χ1n) is 3.21. The standard InChI is InChI=1S/C8H8ClNO/c9-8(10)7(11)6-4-2-1-3-5-6/h1-5,8H,10H2. The molecule has 0 aliphatic carbocycles. The van der Waals surface area contributed by atoms with E-state index in [1.54, 1.807) is 24.3 Å². The Bertz CT molecular complexity index is 246. The van der Waals surface area contributed by atoms with E-state index in [4.69, 9.17) is 17.3 Å². The van der Waals surface area contributed by atoms with E-state index < -0.39 is 5.50 Å². The van der Waals surface area contributed by atoms with Crippen LogP contribution in [0.5, 0.6) is 0 Å². The third-order valence-electron chi connectivity index (χ3n) is 1.31. The summed E-state index contributed by atoms with van der Waals surface area (Å²) in [6.07, 6.45) is 0. The number of benzene rings is 1. The maximum absolute atomic E-state index is 11.1. The van der Waals surface area contributed by atoms with E-state index in [1.807, 2.05) is 6.07 Å². The first-order valence-corrected chi connectivity index (χ1v) is 3.64. The van der Waals surface area contributed by atoms with Gasteiger partial charge in [-0.05, 0) is 0 Å². The molecule has 0 heterocycles. The number of hydrogen-bond donors (Lipinski definition) is 1. The molecule has 1 aromatic carbocycles. The molecule has 2 N–H and O–H groups in total. The average molecular weight is 170 g/mol. The molecule has 58 valence electrons. The van der Waals surface area contributed by atoms with Gasteiger partial charge < -0.3 is 5.73 Å². The van der Waals surface area contributed by atoms with Gasteiger partial charge in [0.25, 0.3) is 0 Å². The van der Waals surface area contributed by atoms with Crippen molar-refractivity contribution in [2.75, 3.05) is 0 Å². The van der Waals surface area contributed by atoms with Crippen molar-refractivity contribution in [2.24, 2.45) is 5.73 Å². The maximum atomic E-state index is 11.1. The monoisotopic (exact) mass is 169 g/mol. The Hall–Kier alpha value is -0.860. The number of Topliss-reactive ketones (excluding diaryl/α,β-unsaturated/α-hetero) is 1. The van der Waals surface area contributed by atoms with Crippen LogP contribution in [0, 0.1) is 0 Å². The first-order chi connectivity index (χ1) is 5.22. The molecule has 0 bridgehead atoms. The number of carbonyl (C=O) groups excluding carboxylic acids is 1. The lowest BCUT2D eigenvalue weighted by Gasteiger charge is -2.00. The molecule has 0 aliphatic rings. The molecule has 3 heteroatoms. The fraction of sp³-hybridized carbons (Fsp3) is 0.125. The molecule has 0 radical (unpaired) electrons. The quantitative estimate of drug-likeness (QED) is 0.413. The van der Waals surface area contributed by atoms with Crippen molar-refractivity contribution in [2.45, 2.75) is 5.50 Å². The van der Waals surface area contributed by atoms with Crippen LogP contribution >= 0.6 is 11.6 Å². The second-order valence-corrected chi connectivity index (χ2v) is 2.60. The van der Waals surface area contributed by atoms with Gasteiger partial charge >= 0.3 is 0 Å². The van der Waals surface area contributed by atoms with E-state index in [2.05, 4.69) is 0 Å². The Morgan fingerprint density at radius 3 is 2.36 bits per heavy atom. The number of ketones is 1. The Morgan fingerprint density at radius 1 is 1.36 bits per heavy atom. The zero-order valence-corrected chi connectivity index (χ0v) is 6.58. The van der Waals surface area contributed by atoms with Crippen LogP contribution in [-0.4, -0.2) is 11.3 Å². The predicted molar refractivity (Wildman–Crippen MR) is 44.6 cm³/mol. The zero-order chi connectivity index (χ0) is 8.27. The summed E-state index contributed by atoms with van der Waals surface area (Å²) in [5, 5.41) is 0. The SMILES string of the molecule is NC(Cl)C(=O)c1ccccc1. The molecule has 1 aromatic rings. The minimum atomic E-state index is -0.933. The molecule has 2 nitrogen and oxygen atoms in total. The minimum Gasteiger partial charge on any atom is -0.309 e. The van der Waals surface area contributed by atoms with E-state index in [0.29, 0.717) is 5.56 Å². The highest BCUT2D eigenvalue weighted by molar-refractivity contribution is 6.33. The summed E-state index contributed by atoms with van der Waals surface area (Å²) in [7, 11) is 0. The normalized spacial score (nSPS) is 12.5. The molecule has 1 atom stereocenters. The molecule has 0 amide bonds. The summed E-state index contributed by atoms with van der Waals surface area (Å²) in [5.41, 5.74) is 4.80. The summed E-state index contributed by atoms with van der Waals surface area (Å²) < 4.78 is 0. The number of alkyl halides is 1. The van der Waals surface area contributed by atoms with Gasteiger partial charge in [-0.2, -0.15) is 0 Å². The maximum Gasteiger partial charge on any atom is 0.194 e. The number of rotatable bonds is 2. The molecule has 1 rings (SSSR count). The highest BCUT2D eigenvalue weighted by Crippen LogP contribution is 2.03. The van der Waals surface area contributed by atoms with Crippen molar-refractivity contribution in [3.8, 4) is 0 Å². The van der Waals surface area contributed by atoms with Gasteiger partial charge in [-0.15, -0.1) is 0 Å². The van der Waals surface area contributed by atoms with Gasteiger partial charge in [-0.25, -0.2) is 0 Å². The molecule has 1 unspecified atom stereocenters. The molecule has 0 saturated carbocycles. The minimum absolute atomic E-state index is 0.243. The van der Waals surface area contributed by atoms with Crippen LogP contribution in [0.15, 0.2) is 30.3 Å². The second kappa shape index (κ2) is 3.51. The molecule has 0 saturated heterocycles. The Labute approximate surface area is 70.0 Å². The van der Waals surface area contributed by atoms with Gasteiger partial charge in [-0.3, -0.25) is 4.79 Å². The number of carbonyl (C=O) groups is 1. The molecule has 0 fully saturated rings. The lowest BCUT2D eigenvalue weighted by molar-refractivity contribution is 0.0988. The average Bonchev–Trinajstić information content (AvgIpc) is 2.05. The lowest BCUT2D eigenvalue weighted by Crippen LogP contribution is -2.23. The van der Waals surface area contributed by atoms with E-state index in [-0.39, 0.29) is 5.78 Å². The molecule has 0 aromatic heterocycles. The third-order valence-corrected chi connectivity index (χ3v) is 1.51. The fourth-order valence-electron chi connectivity index (χ4n) is 0.762. The number of hydrogen-bond acceptors (Lipinski definition) is 2.